The predicted octanol–water partition coefficient (Wildman–Crippen LogP) is 2.44. The first-order valence-electron chi connectivity index (χ1n) is 6.18. The minimum Gasteiger partial charge on any atom is -0.464 e. The number of ether oxygens (including phenoxy) is 1. The van der Waals surface area contributed by atoms with Crippen molar-refractivity contribution in [2.75, 3.05) is 12.8 Å². The van der Waals surface area contributed by atoms with Crippen LogP contribution in [0.1, 0.15) is 28.8 Å². The lowest BCUT2D eigenvalue weighted by Crippen LogP contribution is -2.09. The molecule has 2 rings (SSSR count). The summed E-state index contributed by atoms with van der Waals surface area (Å²) in [6, 6.07) is 7.31. The number of esters is 1. The lowest BCUT2D eigenvalue weighted by Gasteiger charge is -2.11. The minimum absolute atomic E-state index is 0.0539. The highest BCUT2D eigenvalue weighted by Crippen LogP contribution is 2.27. The Labute approximate surface area is 130 Å². The first-order valence-corrected chi connectivity index (χ1v) is 6.98. The number of nitrogens with two attached hydrogens (primary N) is 1. The molecule has 0 radical (unpaired) electrons. The zero-order chi connectivity index (χ0) is 15.6. The molecule has 0 aliphatic carbocycles. The quantitative estimate of drug-likeness (QED) is 0.859. The zero-order valence-electron chi connectivity index (χ0n) is 11.6. The molecule has 108 valence electrons. The van der Waals surface area contributed by atoms with E-state index < -0.39 is 5.97 Å². The Bertz CT molecular complexity index is 746. The molecule has 0 spiro atoms. The molecule has 0 atom stereocenters. The second-order valence-electron chi connectivity index (χ2n) is 4.22. The van der Waals surface area contributed by atoms with Gasteiger partial charge in [0, 0.05) is 10.9 Å². The van der Waals surface area contributed by atoms with Crippen LogP contribution in [0.4, 0.5) is 5.82 Å². The van der Waals surface area contributed by atoms with Crippen molar-refractivity contribution in [3.05, 3.63) is 39.8 Å². The Kier molecular flexibility index (Phi) is 4.29. The number of nitrogen functional groups attached to an aromatic ring is 1. The monoisotopic (exact) mass is 348 g/mol. The van der Waals surface area contributed by atoms with Gasteiger partial charge in [-0.15, -0.1) is 0 Å². The maximum absolute atomic E-state index is 11.7. The molecule has 0 saturated heterocycles. The molecular formula is C14H13BrN4O2. The summed E-state index contributed by atoms with van der Waals surface area (Å²) >= 11 is 3.37. The topological polar surface area (TPSA) is 93.9 Å². The van der Waals surface area contributed by atoms with Crippen LogP contribution in [0.15, 0.2) is 22.7 Å². The van der Waals surface area contributed by atoms with Gasteiger partial charge in [-0.3, -0.25) is 4.57 Å². The smallest absolute Gasteiger partial charge is 0.360 e. The Hall–Kier alpha value is -2.33. The van der Waals surface area contributed by atoms with Gasteiger partial charge in [0.25, 0.3) is 0 Å². The molecule has 1 heterocycles. The van der Waals surface area contributed by atoms with Gasteiger partial charge < -0.3 is 10.5 Å². The maximum Gasteiger partial charge on any atom is 0.360 e. The van der Waals surface area contributed by atoms with E-state index in [0.717, 1.165) is 4.47 Å². The van der Waals surface area contributed by atoms with Gasteiger partial charge >= 0.3 is 5.97 Å². The molecule has 0 saturated carbocycles. The average Bonchev–Trinajstić information content (AvgIpc) is 2.83. The first-order chi connectivity index (χ1) is 10.0. The Balaban J connectivity index is 2.75. The van der Waals surface area contributed by atoms with E-state index in [-0.39, 0.29) is 11.5 Å². The van der Waals surface area contributed by atoms with Crippen LogP contribution in [0.2, 0.25) is 0 Å². The summed E-state index contributed by atoms with van der Waals surface area (Å²) in [7, 11) is 1.27. The van der Waals surface area contributed by atoms with Crippen molar-refractivity contribution in [1.82, 2.24) is 9.55 Å². The fourth-order valence-corrected chi connectivity index (χ4v) is 2.37. The third-order valence-corrected chi connectivity index (χ3v) is 3.49. The number of hydrogen-bond donors (Lipinski definition) is 1. The van der Waals surface area contributed by atoms with Gasteiger partial charge in [-0.25, -0.2) is 9.78 Å². The van der Waals surface area contributed by atoms with Crippen molar-refractivity contribution in [1.29, 1.82) is 5.26 Å². The highest BCUT2D eigenvalue weighted by Gasteiger charge is 2.22. The highest BCUT2D eigenvalue weighted by atomic mass is 79.9. The number of nitriles is 1. The van der Waals surface area contributed by atoms with Crippen LogP contribution >= 0.6 is 15.9 Å². The number of carbonyl (C=O) groups is 1. The van der Waals surface area contributed by atoms with Crippen LogP contribution in [0, 0.1) is 11.3 Å². The average molecular weight is 349 g/mol. The number of aromatic nitrogens is 2. The molecule has 2 N–H and O–H groups in total. The lowest BCUT2D eigenvalue weighted by atomic mass is 10.2. The molecule has 21 heavy (non-hydrogen) atoms. The molecule has 0 bridgehead atoms. The van der Waals surface area contributed by atoms with Crippen LogP contribution < -0.4 is 5.73 Å². The number of halogens is 1. The van der Waals surface area contributed by atoms with Crippen molar-refractivity contribution in [2.45, 2.75) is 13.3 Å². The molecule has 0 amide bonds. The van der Waals surface area contributed by atoms with Crippen molar-refractivity contribution in [2.24, 2.45) is 0 Å². The summed E-state index contributed by atoms with van der Waals surface area (Å²) in [6.07, 6.45) is 0.554. The van der Waals surface area contributed by atoms with Gasteiger partial charge in [-0.2, -0.15) is 5.26 Å². The molecule has 0 aliphatic heterocycles. The van der Waals surface area contributed by atoms with Gasteiger partial charge in [0.05, 0.1) is 18.4 Å². The highest BCUT2D eigenvalue weighted by molar-refractivity contribution is 9.10. The number of imidazole rings is 1. The molecule has 2 aromatic rings. The number of nitrogens with zero attached hydrogens (tertiary/aromatic N) is 3. The largest absolute Gasteiger partial charge is 0.464 e. The van der Waals surface area contributed by atoms with E-state index >= 15 is 0 Å². The predicted molar refractivity (Wildman–Crippen MR) is 81.1 cm³/mol. The van der Waals surface area contributed by atoms with Crippen molar-refractivity contribution in [3.8, 4) is 11.8 Å². The fraction of sp³-hybridized carbons (Fsp3) is 0.214. The van der Waals surface area contributed by atoms with E-state index in [0.29, 0.717) is 23.5 Å². The third-order valence-electron chi connectivity index (χ3n) is 3.00. The van der Waals surface area contributed by atoms with Crippen LogP contribution in [-0.4, -0.2) is 22.6 Å². The fourth-order valence-electron chi connectivity index (χ4n) is 2.02. The van der Waals surface area contributed by atoms with E-state index in [1.807, 2.05) is 6.92 Å². The van der Waals surface area contributed by atoms with Crippen LogP contribution in [0.3, 0.4) is 0 Å². The molecule has 7 heteroatoms. The van der Waals surface area contributed by atoms with Crippen molar-refractivity contribution in [3.63, 3.8) is 0 Å². The number of aryl methyl sites for hydroxylation is 1. The summed E-state index contributed by atoms with van der Waals surface area (Å²) in [5, 5.41) is 9.26. The summed E-state index contributed by atoms with van der Waals surface area (Å²) < 4.78 is 7.08. The number of anilines is 1. The van der Waals surface area contributed by atoms with Crippen LogP contribution in [0.25, 0.3) is 5.69 Å². The summed E-state index contributed by atoms with van der Waals surface area (Å²) in [6.45, 7) is 1.89. The normalized spacial score (nSPS) is 10.2. The maximum atomic E-state index is 11.7. The molecule has 0 aliphatic rings. The number of benzene rings is 1. The lowest BCUT2D eigenvalue weighted by molar-refractivity contribution is 0.0596. The number of carbonyl (C=O) groups excluding carboxylic acids is 1. The number of rotatable bonds is 3. The van der Waals surface area contributed by atoms with Crippen molar-refractivity contribution < 1.29 is 9.53 Å². The Morgan fingerprint density at radius 2 is 2.29 bits per heavy atom. The molecule has 1 aromatic carbocycles. The van der Waals surface area contributed by atoms with E-state index in [1.165, 1.54) is 7.11 Å². The van der Waals surface area contributed by atoms with Gasteiger partial charge in [0.2, 0.25) is 0 Å². The molecule has 0 unspecified atom stereocenters. The Morgan fingerprint density at radius 1 is 1.57 bits per heavy atom. The summed E-state index contributed by atoms with van der Waals surface area (Å²) in [5.74, 6) is 0.144. The summed E-state index contributed by atoms with van der Waals surface area (Å²) in [5.41, 5.74) is 7.10. The molecule has 6 nitrogen and oxygen atoms in total. The van der Waals surface area contributed by atoms with Gasteiger partial charge in [0.15, 0.2) is 5.69 Å². The number of hydrogen-bond acceptors (Lipinski definition) is 5. The van der Waals surface area contributed by atoms with Gasteiger partial charge in [-0.05, 0) is 18.2 Å². The van der Waals surface area contributed by atoms with E-state index in [9.17, 15) is 10.1 Å². The van der Waals surface area contributed by atoms with Crippen LogP contribution in [-0.2, 0) is 11.2 Å². The standard InChI is InChI=1S/C14H13BrN4O2/c1-3-11-18-12(14(20)21-2)13(17)19(11)10-6-9(15)5-4-8(10)7-16/h4-6H,3,17H2,1-2H3. The third kappa shape index (κ3) is 2.62. The Morgan fingerprint density at radius 3 is 2.86 bits per heavy atom. The van der Waals surface area contributed by atoms with Gasteiger partial charge in [-0.1, -0.05) is 22.9 Å². The number of methoxy groups -OCH3 is 1. The van der Waals surface area contributed by atoms with Crippen molar-refractivity contribution >= 4 is 27.7 Å². The van der Waals surface area contributed by atoms with E-state index in [4.69, 9.17) is 5.73 Å². The molecule has 1 aromatic heterocycles. The first kappa shape index (κ1) is 15.1. The van der Waals surface area contributed by atoms with E-state index in [2.05, 4.69) is 31.7 Å². The second kappa shape index (κ2) is 5.97. The molecule has 0 fully saturated rings. The SMILES string of the molecule is CCc1nc(C(=O)OC)c(N)n1-c1cc(Br)ccc1C#N. The minimum atomic E-state index is -0.602. The summed E-state index contributed by atoms with van der Waals surface area (Å²) in [4.78, 5) is 15.9. The van der Waals surface area contributed by atoms with E-state index in [1.54, 1.807) is 22.8 Å². The van der Waals surface area contributed by atoms with Crippen LogP contribution in [0.5, 0.6) is 0 Å². The second-order valence-corrected chi connectivity index (χ2v) is 5.13. The van der Waals surface area contributed by atoms with Gasteiger partial charge in [0.1, 0.15) is 17.7 Å². The zero-order valence-corrected chi connectivity index (χ0v) is 13.1. The molecular weight excluding hydrogens is 336 g/mol.